The van der Waals surface area contributed by atoms with Crippen molar-refractivity contribution in [2.24, 2.45) is 0 Å². The molecular weight excluding hydrogens is 292 g/mol. The standard InChI is InChI=1S/C14H10N2O6/c17-8-3-4-9(10(18)6-8)14(19)21-7-12-15-16-13(22-12)11-2-1-5-20-11/h1-6,17-18H,7H2. The number of rotatable bonds is 4. The van der Waals surface area contributed by atoms with Crippen LogP contribution < -0.4 is 0 Å². The molecule has 0 fully saturated rings. The molecule has 0 spiro atoms. The van der Waals surface area contributed by atoms with E-state index in [9.17, 15) is 9.90 Å². The van der Waals surface area contributed by atoms with E-state index in [1.165, 1.54) is 18.4 Å². The molecule has 0 radical (unpaired) electrons. The van der Waals surface area contributed by atoms with Gasteiger partial charge in [-0.1, -0.05) is 0 Å². The molecule has 0 aliphatic rings. The minimum atomic E-state index is -0.782. The lowest BCUT2D eigenvalue weighted by Crippen LogP contribution is -2.05. The topological polar surface area (TPSA) is 119 Å². The van der Waals surface area contributed by atoms with Gasteiger partial charge in [-0.25, -0.2) is 4.79 Å². The average Bonchev–Trinajstić information content (AvgIpc) is 3.16. The monoisotopic (exact) mass is 302 g/mol. The zero-order valence-electron chi connectivity index (χ0n) is 11.1. The Kier molecular flexibility index (Phi) is 3.48. The van der Waals surface area contributed by atoms with E-state index < -0.39 is 5.97 Å². The van der Waals surface area contributed by atoms with Gasteiger partial charge in [0, 0.05) is 6.07 Å². The van der Waals surface area contributed by atoms with Gasteiger partial charge in [0.15, 0.2) is 12.4 Å². The van der Waals surface area contributed by atoms with Gasteiger partial charge in [-0.05, 0) is 24.3 Å². The number of carbonyl (C=O) groups is 1. The number of hydrogen-bond donors (Lipinski definition) is 2. The second-order valence-electron chi connectivity index (χ2n) is 4.26. The van der Waals surface area contributed by atoms with Crippen molar-refractivity contribution >= 4 is 5.97 Å². The molecule has 2 aromatic heterocycles. The third-order valence-corrected chi connectivity index (χ3v) is 2.73. The number of aromatic hydroxyl groups is 2. The van der Waals surface area contributed by atoms with Gasteiger partial charge in [-0.15, -0.1) is 10.2 Å². The number of phenolic OH excluding ortho intramolecular Hbond substituents is 2. The fourth-order valence-electron chi connectivity index (χ4n) is 1.71. The predicted molar refractivity (Wildman–Crippen MR) is 70.9 cm³/mol. The first-order valence-electron chi connectivity index (χ1n) is 6.19. The van der Waals surface area contributed by atoms with Crippen molar-refractivity contribution in [3.8, 4) is 23.1 Å². The molecule has 22 heavy (non-hydrogen) atoms. The van der Waals surface area contributed by atoms with Crippen molar-refractivity contribution in [1.82, 2.24) is 10.2 Å². The van der Waals surface area contributed by atoms with Crippen molar-refractivity contribution < 1.29 is 28.6 Å². The van der Waals surface area contributed by atoms with Crippen LogP contribution in [0.15, 0.2) is 45.4 Å². The second-order valence-corrected chi connectivity index (χ2v) is 4.26. The number of furan rings is 1. The van der Waals surface area contributed by atoms with E-state index in [-0.39, 0.29) is 35.5 Å². The van der Waals surface area contributed by atoms with Crippen LogP contribution in [0, 0.1) is 0 Å². The molecule has 3 rings (SSSR count). The summed E-state index contributed by atoms with van der Waals surface area (Å²) >= 11 is 0. The quantitative estimate of drug-likeness (QED) is 0.703. The molecule has 0 atom stereocenters. The number of benzene rings is 1. The van der Waals surface area contributed by atoms with Gasteiger partial charge >= 0.3 is 5.97 Å². The van der Waals surface area contributed by atoms with Crippen LogP contribution in [0.4, 0.5) is 0 Å². The summed E-state index contributed by atoms with van der Waals surface area (Å²) in [6.07, 6.45) is 1.47. The lowest BCUT2D eigenvalue weighted by atomic mass is 10.2. The zero-order valence-corrected chi connectivity index (χ0v) is 11.1. The fraction of sp³-hybridized carbons (Fsp3) is 0.0714. The Hall–Kier alpha value is -3.29. The zero-order chi connectivity index (χ0) is 15.5. The van der Waals surface area contributed by atoms with Crippen molar-refractivity contribution in [2.45, 2.75) is 6.61 Å². The summed E-state index contributed by atoms with van der Waals surface area (Å²) in [7, 11) is 0. The van der Waals surface area contributed by atoms with Crippen LogP contribution in [0.2, 0.25) is 0 Å². The molecule has 2 heterocycles. The molecule has 0 amide bonds. The van der Waals surface area contributed by atoms with E-state index in [1.54, 1.807) is 12.1 Å². The van der Waals surface area contributed by atoms with E-state index in [2.05, 4.69) is 10.2 Å². The maximum atomic E-state index is 11.8. The van der Waals surface area contributed by atoms with Gasteiger partial charge in [-0.2, -0.15) is 0 Å². The van der Waals surface area contributed by atoms with Gasteiger partial charge in [0.2, 0.25) is 0 Å². The number of aromatic nitrogens is 2. The van der Waals surface area contributed by atoms with Crippen LogP contribution >= 0.6 is 0 Å². The molecule has 0 bridgehead atoms. The highest BCUT2D eigenvalue weighted by atomic mass is 16.5. The summed E-state index contributed by atoms with van der Waals surface area (Å²) in [5.41, 5.74) is -0.0800. The highest BCUT2D eigenvalue weighted by molar-refractivity contribution is 5.92. The molecule has 1 aromatic carbocycles. The Labute approximate surface area is 123 Å². The van der Waals surface area contributed by atoms with Crippen LogP contribution in [-0.4, -0.2) is 26.4 Å². The van der Waals surface area contributed by atoms with E-state index in [0.29, 0.717) is 5.76 Å². The van der Waals surface area contributed by atoms with Gasteiger partial charge in [-0.3, -0.25) is 0 Å². The first-order chi connectivity index (χ1) is 10.6. The summed E-state index contributed by atoms with van der Waals surface area (Å²) in [6, 6.07) is 6.87. The maximum absolute atomic E-state index is 11.8. The molecular formula is C14H10N2O6. The Morgan fingerprint density at radius 2 is 2.09 bits per heavy atom. The lowest BCUT2D eigenvalue weighted by Gasteiger charge is -2.04. The third-order valence-electron chi connectivity index (χ3n) is 2.73. The third kappa shape index (κ3) is 2.75. The number of esters is 1. The maximum Gasteiger partial charge on any atom is 0.342 e. The van der Waals surface area contributed by atoms with E-state index in [1.807, 2.05) is 0 Å². The van der Waals surface area contributed by atoms with Crippen molar-refractivity contribution in [2.75, 3.05) is 0 Å². The first kappa shape index (κ1) is 13.7. The van der Waals surface area contributed by atoms with E-state index >= 15 is 0 Å². The minimum Gasteiger partial charge on any atom is -0.508 e. The van der Waals surface area contributed by atoms with Gasteiger partial charge in [0.1, 0.15) is 17.1 Å². The van der Waals surface area contributed by atoms with Crippen molar-refractivity contribution in [3.05, 3.63) is 48.0 Å². The lowest BCUT2D eigenvalue weighted by molar-refractivity contribution is 0.0435. The predicted octanol–water partition coefficient (Wildman–Crippen LogP) is 2.10. The highest BCUT2D eigenvalue weighted by Gasteiger charge is 2.16. The van der Waals surface area contributed by atoms with Gasteiger partial charge < -0.3 is 23.8 Å². The minimum absolute atomic E-state index is 0.0800. The molecule has 0 saturated carbocycles. The number of nitrogens with zero attached hydrogens (tertiary/aromatic N) is 2. The molecule has 8 nitrogen and oxygen atoms in total. The van der Waals surface area contributed by atoms with Crippen molar-refractivity contribution in [1.29, 1.82) is 0 Å². The van der Waals surface area contributed by atoms with Crippen LogP contribution in [0.5, 0.6) is 11.5 Å². The largest absolute Gasteiger partial charge is 0.508 e. The molecule has 8 heteroatoms. The second kappa shape index (κ2) is 5.60. The smallest absolute Gasteiger partial charge is 0.342 e. The normalized spacial score (nSPS) is 10.5. The molecule has 2 N–H and O–H groups in total. The van der Waals surface area contributed by atoms with Gasteiger partial charge in [0.25, 0.3) is 11.8 Å². The van der Waals surface area contributed by atoms with Crippen LogP contribution in [0.25, 0.3) is 11.7 Å². The van der Waals surface area contributed by atoms with Crippen LogP contribution in [-0.2, 0) is 11.3 Å². The summed E-state index contributed by atoms with van der Waals surface area (Å²) in [5.74, 6) is -0.668. The average molecular weight is 302 g/mol. The Morgan fingerprint density at radius 1 is 1.23 bits per heavy atom. The highest BCUT2D eigenvalue weighted by Crippen LogP contribution is 2.24. The SMILES string of the molecule is O=C(OCc1nnc(-c2ccco2)o1)c1ccc(O)cc1O. The van der Waals surface area contributed by atoms with E-state index in [4.69, 9.17) is 18.7 Å². The molecule has 3 aromatic rings. The number of ether oxygens (including phenoxy) is 1. The van der Waals surface area contributed by atoms with Gasteiger partial charge in [0.05, 0.1) is 6.26 Å². The van der Waals surface area contributed by atoms with Crippen LogP contribution in [0.3, 0.4) is 0 Å². The van der Waals surface area contributed by atoms with Crippen LogP contribution in [0.1, 0.15) is 16.2 Å². The summed E-state index contributed by atoms with van der Waals surface area (Å²) < 4.78 is 15.3. The van der Waals surface area contributed by atoms with Crippen molar-refractivity contribution in [3.63, 3.8) is 0 Å². The summed E-state index contributed by atoms with van der Waals surface area (Å²) in [6.45, 7) is -0.257. The Bertz CT molecular complexity index is 794. The molecule has 112 valence electrons. The number of carbonyl (C=O) groups excluding carboxylic acids is 1. The van der Waals surface area contributed by atoms with E-state index in [0.717, 1.165) is 6.07 Å². The Morgan fingerprint density at radius 3 is 2.82 bits per heavy atom. The summed E-state index contributed by atoms with van der Waals surface area (Å²) in [5, 5.41) is 26.2. The Balaban J connectivity index is 1.66. The first-order valence-corrected chi connectivity index (χ1v) is 6.19. The number of hydrogen-bond acceptors (Lipinski definition) is 8. The number of phenols is 2. The fourth-order valence-corrected chi connectivity index (χ4v) is 1.71. The molecule has 0 unspecified atom stereocenters. The molecule has 0 aliphatic carbocycles. The summed E-state index contributed by atoms with van der Waals surface area (Å²) in [4.78, 5) is 11.8. The molecule has 0 aliphatic heterocycles. The molecule has 0 saturated heterocycles.